The van der Waals surface area contributed by atoms with E-state index in [1.54, 1.807) is 0 Å². The quantitative estimate of drug-likeness (QED) is 0.352. The average molecular weight is 290 g/mol. The lowest BCUT2D eigenvalue weighted by atomic mass is 10.2. The normalized spacial score (nSPS) is 12.8. The van der Waals surface area contributed by atoms with Crippen molar-refractivity contribution in [2.45, 2.75) is 64.3 Å². The maximum Gasteiger partial charge on any atom is 0.310 e. The van der Waals surface area contributed by atoms with E-state index in [9.17, 15) is 4.79 Å². The van der Waals surface area contributed by atoms with E-state index in [2.05, 4.69) is 36.7 Å². The van der Waals surface area contributed by atoms with Gasteiger partial charge in [0.05, 0.1) is 0 Å². The van der Waals surface area contributed by atoms with E-state index in [0.717, 1.165) is 19.1 Å². The van der Waals surface area contributed by atoms with Gasteiger partial charge in [0.2, 0.25) is 10.5 Å². The van der Waals surface area contributed by atoms with Gasteiger partial charge in [-0.2, -0.15) is 0 Å². The second kappa shape index (κ2) is 8.36. The van der Waals surface area contributed by atoms with Crippen LogP contribution in [0.4, 0.5) is 0 Å². The summed E-state index contributed by atoms with van der Waals surface area (Å²) >= 11 is 0. The summed E-state index contributed by atoms with van der Waals surface area (Å²) in [5.74, 6) is 0. The van der Waals surface area contributed by atoms with Crippen molar-refractivity contribution in [3.05, 3.63) is 0 Å². The predicted molar refractivity (Wildman–Crippen MR) is 76.8 cm³/mol. The fraction of sp³-hybridized carbons (Fsp3) is 0.909. The molecule has 0 spiro atoms. The molecule has 0 aliphatic heterocycles. The minimum Gasteiger partial charge on any atom is -0.437 e. The highest BCUT2D eigenvalue weighted by molar-refractivity contribution is 6.83. The molecule has 0 N–H and O–H groups in total. The van der Waals surface area contributed by atoms with Crippen molar-refractivity contribution < 1.29 is 13.0 Å². The van der Waals surface area contributed by atoms with Crippen molar-refractivity contribution in [3.8, 4) is 0 Å². The Kier molecular flexibility index (Phi) is 8.48. The summed E-state index contributed by atoms with van der Waals surface area (Å²) in [4.78, 5) is 10.2. The molecule has 0 saturated carbocycles. The number of rotatable bonds is 10. The summed E-state index contributed by atoms with van der Waals surface area (Å²) in [7, 11) is -0.449. The van der Waals surface area contributed by atoms with Crippen molar-refractivity contribution in [1.29, 1.82) is 0 Å². The maximum atomic E-state index is 10.2. The Hall–Kier alpha value is 0.241. The minimum absolute atomic E-state index is 0.703. The van der Waals surface area contributed by atoms with Crippen LogP contribution in [-0.2, 0) is 13.0 Å². The first-order valence-corrected chi connectivity index (χ1v) is 12.7. The third kappa shape index (κ3) is 9.90. The second-order valence-corrected chi connectivity index (χ2v) is 13.9. The molecule has 0 aromatic heterocycles. The highest BCUT2D eigenvalue weighted by Crippen LogP contribution is 2.21. The summed E-state index contributed by atoms with van der Waals surface area (Å²) in [5.41, 5.74) is 0. The van der Waals surface area contributed by atoms with E-state index in [4.69, 9.17) is 8.23 Å². The van der Waals surface area contributed by atoms with Gasteiger partial charge >= 0.3 is 8.56 Å². The monoisotopic (exact) mass is 289 g/mol. The molecule has 0 fully saturated rings. The fourth-order valence-electron chi connectivity index (χ4n) is 1.87. The Balaban J connectivity index is 3.74. The lowest BCUT2D eigenvalue weighted by Gasteiger charge is -2.32. The molecule has 0 aromatic rings. The van der Waals surface area contributed by atoms with Gasteiger partial charge in [-0.25, -0.2) is 0 Å². The van der Waals surface area contributed by atoms with Gasteiger partial charge in [0.25, 0.3) is 0 Å². The van der Waals surface area contributed by atoms with Gasteiger partial charge in [0.15, 0.2) is 8.32 Å². The number of carbonyl (C=O) groups excluding carboxylic acids is 1. The Labute approximate surface area is 111 Å². The zero-order chi connectivity index (χ0) is 13.4. The van der Waals surface area contributed by atoms with E-state index in [1.165, 1.54) is 18.9 Å². The van der Waals surface area contributed by atoms with Crippen molar-refractivity contribution in [2.24, 2.45) is 0 Å². The van der Waals surface area contributed by atoms with E-state index < -0.39 is 16.9 Å². The average Bonchev–Trinajstić information content (AvgIpc) is 2.22. The number of hydrogen-bond donors (Lipinski definition) is 0. The fourth-order valence-corrected chi connectivity index (χ4v) is 9.24. The molecular formula is C11H25O3Si3. The van der Waals surface area contributed by atoms with Crippen LogP contribution in [0.25, 0.3) is 0 Å². The number of aldehydes is 1. The van der Waals surface area contributed by atoms with E-state index >= 15 is 0 Å². The summed E-state index contributed by atoms with van der Waals surface area (Å²) in [6, 6.07) is 1.17. The van der Waals surface area contributed by atoms with Crippen LogP contribution in [-0.4, -0.2) is 33.7 Å². The molecule has 0 aliphatic carbocycles. The van der Waals surface area contributed by atoms with Crippen molar-refractivity contribution in [2.75, 3.05) is 0 Å². The van der Waals surface area contributed by atoms with Crippen LogP contribution < -0.4 is 0 Å². The van der Waals surface area contributed by atoms with Crippen LogP contribution in [0.1, 0.15) is 32.1 Å². The molecule has 0 atom stereocenters. The Morgan fingerprint density at radius 1 is 1.06 bits per heavy atom. The zero-order valence-corrected chi connectivity index (χ0v) is 14.5. The maximum absolute atomic E-state index is 10.2. The minimum atomic E-state index is -1.96. The molecular weight excluding hydrogens is 264 g/mol. The zero-order valence-electron chi connectivity index (χ0n) is 11.5. The molecule has 0 aliphatic rings. The molecule has 0 bridgehead atoms. The largest absolute Gasteiger partial charge is 0.437 e. The first-order chi connectivity index (χ1) is 7.83. The molecule has 0 amide bonds. The molecule has 99 valence electrons. The van der Waals surface area contributed by atoms with Crippen molar-refractivity contribution >= 4 is 33.7 Å². The van der Waals surface area contributed by atoms with Gasteiger partial charge in [-0.1, -0.05) is 19.3 Å². The topological polar surface area (TPSA) is 35.5 Å². The van der Waals surface area contributed by atoms with Crippen LogP contribution in [0.3, 0.4) is 0 Å². The van der Waals surface area contributed by atoms with Gasteiger partial charge in [-0.3, -0.25) is 0 Å². The number of unbranched alkanes of at least 4 members (excludes halogenated alkanes) is 4. The standard InChI is InChI=1S/C11H25O3Si3/c1-16(2,14-17(3,4)13-15)11-9-7-5-6-8-10-12/h10H,5-9,11H2,1-4H3. The Bertz CT molecular complexity index is 220. The molecule has 0 rings (SSSR count). The lowest BCUT2D eigenvalue weighted by molar-refractivity contribution is -0.107. The third-order valence-electron chi connectivity index (χ3n) is 2.62. The first kappa shape index (κ1) is 17.2. The van der Waals surface area contributed by atoms with Crippen molar-refractivity contribution in [3.63, 3.8) is 0 Å². The predicted octanol–water partition coefficient (Wildman–Crippen LogP) is 3.16. The highest BCUT2D eigenvalue weighted by Gasteiger charge is 2.32. The van der Waals surface area contributed by atoms with Gasteiger partial charge in [-0.15, -0.1) is 0 Å². The number of hydrogen-bond acceptors (Lipinski definition) is 3. The second-order valence-electron chi connectivity index (χ2n) is 5.48. The first-order valence-electron chi connectivity index (χ1n) is 6.31. The highest BCUT2D eigenvalue weighted by atomic mass is 28.5. The summed E-state index contributed by atoms with van der Waals surface area (Å²) in [6.07, 6.45) is 6.28. The van der Waals surface area contributed by atoms with Gasteiger partial charge in [0.1, 0.15) is 6.29 Å². The summed E-state index contributed by atoms with van der Waals surface area (Å²) in [6.45, 7) is 8.61. The molecule has 0 aromatic carbocycles. The third-order valence-corrected chi connectivity index (χ3v) is 10.3. The van der Waals surface area contributed by atoms with Crippen LogP contribution in [0.15, 0.2) is 0 Å². The summed E-state index contributed by atoms with van der Waals surface area (Å²) < 4.78 is 11.4. The van der Waals surface area contributed by atoms with Crippen LogP contribution in [0.5, 0.6) is 0 Å². The van der Waals surface area contributed by atoms with Gasteiger partial charge in [0, 0.05) is 6.42 Å². The smallest absolute Gasteiger partial charge is 0.310 e. The molecule has 3 nitrogen and oxygen atoms in total. The Morgan fingerprint density at radius 3 is 2.18 bits per heavy atom. The molecule has 0 unspecified atom stereocenters. The summed E-state index contributed by atoms with van der Waals surface area (Å²) in [5, 5.41) is 0. The van der Waals surface area contributed by atoms with Crippen molar-refractivity contribution in [1.82, 2.24) is 0 Å². The Morgan fingerprint density at radius 2 is 1.65 bits per heavy atom. The SMILES string of the molecule is C[Si](C)(CCCCCCC=O)O[Si](C)(C)O[Si]. The molecule has 3 radical (unpaired) electrons. The van der Waals surface area contributed by atoms with E-state index in [0.29, 0.717) is 6.42 Å². The molecule has 0 heterocycles. The molecule has 6 heteroatoms. The molecule has 0 saturated heterocycles. The van der Waals surface area contributed by atoms with E-state index in [1.807, 2.05) is 0 Å². The van der Waals surface area contributed by atoms with Crippen LogP contribution in [0.2, 0.25) is 32.2 Å². The van der Waals surface area contributed by atoms with Crippen LogP contribution >= 0.6 is 0 Å². The molecule has 17 heavy (non-hydrogen) atoms. The number of carbonyl (C=O) groups is 1. The van der Waals surface area contributed by atoms with Gasteiger partial charge < -0.3 is 13.0 Å². The lowest BCUT2D eigenvalue weighted by Crippen LogP contribution is -2.46. The van der Waals surface area contributed by atoms with Crippen LogP contribution in [0, 0.1) is 0 Å². The van der Waals surface area contributed by atoms with E-state index in [-0.39, 0.29) is 0 Å². The van der Waals surface area contributed by atoms with Gasteiger partial charge in [-0.05, 0) is 38.7 Å².